The number of primary amides is 1. The normalized spacial score (nSPS) is 10.0. The van der Waals surface area contributed by atoms with Crippen molar-refractivity contribution in [3.63, 3.8) is 0 Å². The van der Waals surface area contributed by atoms with E-state index in [4.69, 9.17) is 10.5 Å². The molecule has 2 amide bonds. The Morgan fingerprint density at radius 2 is 1.91 bits per heavy atom. The van der Waals surface area contributed by atoms with Crippen molar-refractivity contribution in [1.29, 1.82) is 0 Å². The molecular weight excluding hydrogens is 348 g/mol. The van der Waals surface area contributed by atoms with Crippen LogP contribution in [0.4, 0.5) is 0 Å². The third-order valence-corrected chi connectivity index (χ3v) is 3.31. The highest BCUT2D eigenvalue weighted by atomic mass is 79.9. The lowest BCUT2D eigenvalue weighted by atomic mass is 10.2. The molecule has 0 aliphatic carbocycles. The van der Waals surface area contributed by atoms with Crippen molar-refractivity contribution in [2.45, 2.75) is 6.54 Å². The van der Waals surface area contributed by atoms with Crippen LogP contribution in [0.25, 0.3) is 0 Å². The van der Waals surface area contributed by atoms with Crippen molar-refractivity contribution >= 4 is 27.7 Å². The summed E-state index contributed by atoms with van der Waals surface area (Å²) in [5.74, 6) is -0.358. The molecule has 3 N–H and O–H groups in total. The van der Waals surface area contributed by atoms with E-state index in [1.807, 2.05) is 24.3 Å². The van der Waals surface area contributed by atoms with Gasteiger partial charge in [0.1, 0.15) is 5.75 Å². The predicted octanol–water partition coefficient (Wildman–Crippen LogP) is 2.24. The SMILES string of the molecule is NC(=O)COc1cccc(C(=O)NCc2cccc(Br)c2)c1. The number of hydrogen-bond donors (Lipinski definition) is 2. The second-order valence-electron chi connectivity index (χ2n) is 4.60. The van der Waals surface area contributed by atoms with Gasteiger partial charge >= 0.3 is 0 Å². The first-order chi connectivity index (χ1) is 10.5. The van der Waals surface area contributed by atoms with Crippen molar-refractivity contribution in [1.82, 2.24) is 5.32 Å². The molecule has 5 nitrogen and oxygen atoms in total. The molecule has 0 bridgehead atoms. The van der Waals surface area contributed by atoms with Crippen LogP contribution in [0.2, 0.25) is 0 Å². The highest BCUT2D eigenvalue weighted by Gasteiger charge is 2.07. The maximum Gasteiger partial charge on any atom is 0.255 e. The van der Waals surface area contributed by atoms with E-state index in [2.05, 4.69) is 21.2 Å². The average Bonchev–Trinajstić information content (AvgIpc) is 2.51. The molecule has 0 aliphatic heterocycles. The minimum atomic E-state index is -0.565. The summed E-state index contributed by atoms with van der Waals surface area (Å²) in [6.45, 7) is 0.202. The number of nitrogens with one attached hydrogen (secondary N) is 1. The van der Waals surface area contributed by atoms with Crippen molar-refractivity contribution in [3.05, 3.63) is 64.1 Å². The molecule has 0 aromatic heterocycles. The fraction of sp³-hybridized carbons (Fsp3) is 0.125. The van der Waals surface area contributed by atoms with Crippen LogP contribution in [0.1, 0.15) is 15.9 Å². The van der Waals surface area contributed by atoms with Gasteiger partial charge in [-0.2, -0.15) is 0 Å². The Morgan fingerprint density at radius 1 is 1.14 bits per heavy atom. The zero-order chi connectivity index (χ0) is 15.9. The van der Waals surface area contributed by atoms with E-state index >= 15 is 0 Å². The minimum Gasteiger partial charge on any atom is -0.484 e. The van der Waals surface area contributed by atoms with E-state index in [0.717, 1.165) is 10.0 Å². The fourth-order valence-corrected chi connectivity index (χ4v) is 2.26. The van der Waals surface area contributed by atoms with E-state index in [0.29, 0.717) is 17.9 Å². The highest BCUT2D eigenvalue weighted by molar-refractivity contribution is 9.10. The van der Waals surface area contributed by atoms with Crippen LogP contribution in [0.15, 0.2) is 53.0 Å². The average molecular weight is 363 g/mol. The minimum absolute atomic E-state index is 0.218. The van der Waals surface area contributed by atoms with Gasteiger partial charge in [-0.15, -0.1) is 0 Å². The number of hydrogen-bond acceptors (Lipinski definition) is 3. The lowest BCUT2D eigenvalue weighted by Crippen LogP contribution is -2.23. The standard InChI is InChI=1S/C16H15BrN2O3/c17-13-5-1-3-11(7-13)9-19-16(21)12-4-2-6-14(8-12)22-10-15(18)20/h1-8H,9-10H2,(H2,18,20)(H,19,21). The topological polar surface area (TPSA) is 81.4 Å². The van der Waals surface area contributed by atoms with Gasteiger partial charge in [0, 0.05) is 16.6 Å². The highest BCUT2D eigenvalue weighted by Crippen LogP contribution is 2.14. The van der Waals surface area contributed by atoms with Crippen LogP contribution in [-0.4, -0.2) is 18.4 Å². The maximum atomic E-state index is 12.1. The number of ether oxygens (including phenoxy) is 1. The van der Waals surface area contributed by atoms with Crippen LogP contribution in [0.3, 0.4) is 0 Å². The summed E-state index contributed by atoms with van der Waals surface area (Å²) in [7, 11) is 0. The van der Waals surface area contributed by atoms with Crippen LogP contribution in [0, 0.1) is 0 Å². The number of halogens is 1. The number of amides is 2. The molecule has 2 aromatic rings. The van der Waals surface area contributed by atoms with Gasteiger partial charge in [-0.3, -0.25) is 9.59 Å². The number of benzene rings is 2. The Balaban J connectivity index is 1.97. The molecule has 22 heavy (non-hydrogen) atoms. The molecule has 0 unspecified atom stereocenters. The number of carbonyl (C=O) groups excluding carboxylic acids is 2. The lowest BCUT2D eigenvalue weighted by Gasteiger charge is -2.08. The summed E-state index contributed by atoms with van der Waals surface area (Å²) in [5, 5.41) is 2.83. The fourth-order valence-electron chi connectivity index (χ4n) is 1.81. The molecule has 2 aromatic carbocycles. The van der Waals surface area contributed by atoms with E-state index in [-0.39, 0.29) is 12.5 Å². The molecule has 0 saturated heterocycles. The summed E-state index contributed by atoms with van der Waals surface area (Å²) >= 11 is 3.39. The molecule has 0 atom stereocenters. The van der Waals surface area contributed by atoms with E-state index < -0.39 is 5.91 Å². The van der Waals surface area contributed by atoms with Crippen molar-refractivity contribution < 1.29 is 14.3 Å². The molecule has 0 saturated carbocycles. The Kier molecular flexibility index (Phi) is 5.55. The maximum absolute atomic E-state index is 12.1. The Labute approximate surface area is 136 Å². The van der Waals surface area contributed by atoms with Gasteiger partial charge < -0.3 is 15.8 Å². The molecule has 0 aliphatic rings. The zero-order valence-corrected chi connectivity index (χ0v) is 13.3. The second-order valence-corrected chi connectivity index (χ2v) is 5.51. The Morgan fingerprint density at radius 3 is 2.64 bits per heavy atom. The molecule has 0 radical (unpaired) electrons. The third kappa shape index (κ3) is 4.89. The van der Waals surface area contributed by atoms with E-state index in [1.54, 1.807) is 24.3 Å². The van der Waals surface area contributed by atoms with Gasteiger partial charge in [0.15, 0.2) is 6.61 Å². The molecule has 6 heteroatoms. The summed E-state index contributed by atoms with van der Waals surface area (Å²) < 4.78 is 6.14. The quantitative estimate of drug-likeness (QED) is 0.826. The van der Waals surface area contributed by atoms with Crippen LogP contribution >= 0.6 is 15.9 Å². The van der Waals surface area contributed by atoms with Gasteiger partial charge in [-0.1, -0.05) is 34.1 Å². The van der Waals surface area contributed by atoms with Crippen molar-refractivity contribution in [2.24, 2.45) is 5.73 Å². The molecule has 114 valence electrons. The number of rotatable bonds is 6. The smallest absolute Gasteiger partial charge is 0.255 e. The summed E-state index contributed by atoms with van der Waals surface area (Å²) in [6, 6.07) is 14.3. The van der Waals surface area contributed by atoms with Gasteiger partial charge in [-0.25, -0.2) is 0 Å². The van der Waals surface area contributed by atoms with Crippen LogP contribution in [0.5, 0.6) is 5.75 Å². The summed E-state index contributed by atoms with van der Waals surface area (Å²) in [6.07, 6.45) is 0. The molecule has 0 spiro atoms. The van der Waals surface area contributed by atoms with Crippen molar-refractivity contribution in [2.75, 3.05) is 6.61 Å². The van der Waals surface area contributed by atoms with Gasteiger partial charge in [-0.05, 0) is 35.9 Å². The molecule has 2 rings (SSSR count). The van der Waals surface area contributed by atoms with Gasteiger partial charge in [0.25, 0.3) is 11.8 Å². The monoisotopic (exact) mass is 362 g/mol. The first-order valence-electron chi connectivity index (χ1n) is 6.58. The van der Waals surface area contributed by atoms with Crippen molar-refractivity contribution in [3.8, 4) is 5.75 Å². The van der Waals surface area contributed by atoms with Gasteiger partial charge in [0.2, 0.25) is 0 Å². The van der Waals surface area contributed by atoms with Crippen LogP contribution < -0.4 is 15.8 Å². The largest absolute Gasteiger partial charge is 0.484 e. The first kappa shape index (κ1) is 16.0. The number of carbonyl (C=O) groups is 2. The molecule has 0 fully saturated rings. The van der Waals surface area contributed by atoms with E-state index in [1.165, 1.54) is 0 Å². The third-order valence-electron chi connectivity index (χ3n) is 2.82. The zero-order valence-electron chi connectivity index (χ0n) is 11.7. The Bertz CT molecular complexity index is 689. The summed E-state index contributed by atoms with van der Waals surface area (Å²) in [5.41, 5.74) is 6.46. The predicted molar refractivity (Wildman–Crippen MR) is 86.4 cm³/mol. The van der Waals surface area contributed by atoms with E-state index in [9.17, 15) is 9.59 Å². The molecular formula is C16H15BrN2O3. The van der Waals surface area contributed by atoms with Gasteiger partial charge in [0.05, 0.1) is 0 Å². The molecule has 0 heterocycles. The second kappa shape index (κ2) is 7.61. The lowest BCUT2D eigenvalue weighted by molar-refractivity contribution is -0.119. The summed E-state index contributed by atoms with van der Waals surface area (Å²) in [4.78, 5) is 22.8. The Hall–Kier alpha value is -2.34. The van der Waals surface area contributed by atoms with Crippen LogP contribution in [-0.2, 0) is 11.3 Å². The first-order valence-corrected chi connectivity index (χ1v) is 7.38. The number of nitrogens with two attached hydrogens (primary N) is 1.